The topological polar surface area (TPSA) is 89.3 Å². The summed E-state index contributed by atoms with van der Waals surface area (Å²) in [5.41, 5.74) is 1.55. The van der Waals surface area contributed by atoms with E-state index in [0.717, 1.165) is 10.6 Å². The van der Waals surface area contributed by atoms with Crippen molar-refractivity contribution in [1.82, 2.24) is 15.0 Å². The number of para-hydroxylation sites is 2. The van der Waals surface area contributed by atoms with Crippen molar-refractivity contribution < 1.29 is 14.6 Å². The fourth-order valence-electron chi connectivity index (χ4n) is 2.64. The van der Waals surface area contributed by atoms with Crippen molar-refractivity contribution in [1.29, 1.82) is 0 Å². The summed E-state index contributed by atoms with van der Waals surface area (Å²) >= 11 is 1.55. The number of hydrogen-bond donors (Lipinski definition) is 2. The van der Waals surface area contributed by atoms with Gasteiger partial charge in [0.25, 0.3) is 5.91 Å². The van der Waals surface area contributed by atoms with E-state index in [0.29, 0.717) is 11.3 Å². The van der Waals surface area contributed by atoms with E-state index in [1.807, 2.05) is 42.7 Å². The third-order valence-electron chi connectivity index (χ3n) is 3.98. The summed E-state index contributed by atoms with van der Waals surface area (Å²) in [7, 11) is 1.55. The molecular weight excluding hydrogens is 364 g/mol. The number of aliphatic hydroxyl groups is 1. The minimum absolute atomic E-state index is 0.155. The number of nitrogens with zero attached hydrogens (tertiary/aromatic N) is 3. The molecule has 0 aliphatic heterocycles. The molecule has 2 N–H and O–H groups in total. The van der Waals surface area contributed by atoms with E-state index in [1.54, 1.807) is 31.0 Å². The maximum atomic E-state index is 12.4. The van der Waals surface area contributed by atoms with Crippen LogP contribution in [-0.4, -0.2) is 39.4 Å². The number of anilines is 1. The Balaban J connectivity index is 1.70. The molecule has 0 aliphatic carbocycles. The van der Waals surface area contributed by atoms with Crippen LogP contribution in [0.3, 0.4) is 0 Å². The van der Waals surface area contributed by atoms with Gasteiger partial charge in [-0.15, -0.1) is 16.9 Å². The maximum absolute atomic E-state index is 12.4. The molecule has 1 unspecified atom stereocenters. The molecule has 3 rings (SSSR count). The van der Waals surface area contributed by atoms with Gasteiger partial charge < -0.3 is 15.2 Å². The summed E-state index contributed by atoms with van der Waals surface area (Å²) in [4.78, 5) is 13.4. The lowest BCUT2D eigenvalue weighted by atomic mass is 10.1. The Labute approximate surface area is 161 Å². The van der Waals surface area contributed by atoms with Crippen molar-refractivity contribution in [3.63, 3.8) is 0 Å². The van der Waals surface area contributed by atoms with Crippen molar-refractivity contribution in [2.45, 2.75) is 17.5 Å². The summed E-state index contributed by atoms with van der Waals surface area (Å²) in [6, 6.07) is 14.8. The first-order valence-electron chi connectivity index (χ1n) is 8.28. The lowest BCUT2D eigenvalue weighted by Gasteiger charge is -2.14. The van der Waals surface area contributed by atoms with Crippen molar-refractivity contribution in [3.8, 4) is 5.75 Å². The number of carbonyl (C=O) groups excluding carboxylic acids is 1. The number of methoxy groups -OCH3 is 1. The highest BCUT2D eigenvalue weighted by Gasteiger charge is 2.17. The molecule has 0 bridgehead atoms. The van der Waals surface area contributed by atoms with E-state index in [2.05, 4.69) is 15.6 Å². The number of ether oxygens (including phenoxy) is 1. The van der Waals surface area contributed by atoms with E-state index < -0.39 is 6.10 Å². The lowest BCUT2D eigenvalue weighted by molar-refractivity contribution is 0.102. The predicted molar refractivity (Wildman–Crippen MR) is 104 cm³/mol. The SMILES string of the molecule is COc1ccccc1C(O)Cn1cc(C(=O)Nc2ccccc2SC)nn1. The smallest absolute Gasteiger partial charge is 0.277 e. The molecule has 2 aromatic carbocycles. The van der Waals surface area contributed by atoms with Crippen molar-refractivity contribution in [2.75, 3.05) is 18.7 Å². The van der Waals surface area contributed by atoms with Gasteiger partial charge in [0, 0.05) is 10.5 Å². The second-order valence-corrected chi connectivity index (χ2v) is 6.59. The van der Waals surface area contributed by atoms with E-state index in [9.17, 15) is 9.90 Å². The van der Waals surface area contributed by atoms with Gasteiger partial charge >= 0.3 is 0 Å². The highest BCUT2D eigenvalue weighted by atomic mass is 32.2. The summed E-state index contributed by atoms with van der Waals surface area (Å²) < 4.78 is 6.70. The number of nitrogens with one attached hydrogen (secondary N) is 1. The van der Waals surface area contributed by atoms with Gasteiger partial charge in [-0.2, -0.15) is 0 Å². The Morgan fingerprint density at radius 3 is 2.78 bits per heavy atom. The summed E-state index contributed by atoms with van der Waals surface area (Å²) in [6.07, 6.45) is 2.62. The van der Waals surface area contributed by atoms with Crippen LogP contribution in [0.5, 0.6) is 5.75 Å². The molecule has 1 heterocycles. The van der Waals surface area contributed by atoms with Gasteiger partial charge in [-0.25, -0.2) is 4.68 Å². The molecule has 1 amide bonds. The van der Waals surface area contributed by atoms with Crippen LogP contribution in [0.4, 0.5) is 5.69 Å². The molecule has 1 atom stereocenters. The Bertz CT molecular complexity index is 929. The van der Waals surface area contributed by atoms with Crippen LogP contribution in [0.2, 0.25) is 0 Å². The Morgan fingerprint density at radius 2 is 2.00 bits per heavy atom. The molecule has 0 aliphatic rings. The van der Waals surface area contributed by atoms with Gasteiger partial charge in [0.2, 0.25) is 0 Å². The predicted octanol–water partition coefficient (Wildman–Crippen LogP) is 2.99. The minimum Gasteiger partial charge on any atom is -0.496 e. The van der Waals surface area contributed by atoms with Crippen LogP contribution < -0.4 is 10.1 Å². The lowest BCUT2D eigenvalue weighted by Crippen LogP contribution is -2.13. The molecule has 0 radical (unpaired) electrons. The maximum Gasteiger partial charge on any atom is 0.277 e. The average Bonchev–Trinajstić information content (AvgIpc) is 3.17. The largest absolute Gasteiger partial charge is 0.496 e. The fraction of sp³-hybridized carbons (Fsp3) is 0.211. The van der Waals surface area contributed by atoms with Crippen LogP contribution in [0.15, 0.2) is 59.6 Å². The summed E-state index contributed by atoms with van der Waals surface area (Å²) in [5, 5.41) is 21.2. The fourth-order valence-corrected chi connectivity index (χ4v) is 3.20. The second kappa shape index (κ2) is 8.70. The molecule has 3 aromatic rings. The van der Waals surface area contributed by atoms with Gasteiger partial charge in [0.15, 0.2) is 5.69 Å². The van der Waals surface area contributed by atoms with Crippen molar-refractivity contribution in [2.24, 2.45) is 0 Å². The van der Waals surface area contributed by atoms with E-state index >= 15 is 0 Å². The third kappa shape index (κ3) is 4.47. The minimum atomic E-state index is -0.837. The first kappa shape index (κ1) is 18.9. The standard InChI is InChI=1S/C19H20N4O3S/c1-26-17-9-5-3-7-13(17)16(24)12-23-11-15(21-22-23)19(25)20-14-8-4-6-10-18(14)27-2/h3-11,16,24H,12H2,1-2H3,(H,20,25). The molecule has 0 fully saturated rings. The monoisotopic (exact) mass is 384 g/mol. The molecule has 0 saturated carbocycles. The summed E-state index contributed by atoms with van der Waals surface area (Å²) in [5.74, 6) is 0.242. The molecule has 7 nitrogen and oxygen atoms in total. The molecule has 0 spiro atoms. The van der Waals surface area contributed by atoms with Gasteiger partial charge in [0.05, 0.1) is 25.5 Å². The Morgan fingerprint density at radius 1 is 1.26 bits per heavy atom. The normalized spacial score (nSPS) is 11.8. The van der Waals surface area contributed by atoms with Crippen LogP contribution in [0, 0.1) is 0 Å². The first-order valence-corrected chi connectivity index (χ1v) is 9.50. The van der Waals surface area contributed by atoms with Gasteiger partial charge in [-0.05, 0) is 24.5 Å². The second-order valence-electron chi connectivity index (χ2n) is 5.74. The summed E-state index contributed by atoms with van der Waals surface area (Å²) in [6.45, 7) is 0.155. The number of rotatable bonds is 7. The average molecular weight is 384 g/mol. The van der Waals surface area contributed by atoms with Gasteiger partial charge in [-0.1, -0.05) is 35.5 Å². The zero-order valence-electron chi connectivity index (χ0n) is 15.0. The van der Waals surface area contributed by atoms with Crippen LogP contribution in [0.1, 0.15) is 22.2 Å². The molecule has 27 heavy (non-hydrogen) atoms. The molecule has 8 heteroatoms. The highest BCUT2D eigenvalue weighted by molar-refractivity contribution is 7.98. The molecule has 1 aromatic heterocycles. The number of amides is 1. The van der Waals surface area contributed by atoms with Crippen LogP contribution in [-0.2, 0) is 6.54 Å². The highest BCUT2D eigenvalue weighted by Crippen LogP contribution is 2.26. The number of hydrogen-bond acceptors (Lipinski definition) is 6. The van der Waals surface area contributed by atoms with E-state index in [-0.39, 0.29) is 18.1 Å². The van der Waals surface area contributed by atoms with E-state index in [1.165, 1.54) is 10.9 Å². The first-order chi connectivity index (χ1) is 13.1. The number of aliphatic hydroxyl groups excluding tert-OH is 1. The third-order valence-corrected chi connectivity index (χ3v) is 4.78. The van der Waals surface area contributed by atoms with Crippen molar-refractivity contribution in [3.05, 3.63) is 66.0 Å². The Hall–Kier alpha value is -2.84. The molecule has 140 valence electrons. The Kier molecular flexibility index (Phi) is 6.10. The van der Waals surface area contributed by atoms with Crippen LogP contribution in [0.25, 0.3) is 0 Å². The van der Waals surface area contributed by atoms with E-state index in [4.69, 9.17) is 4.74 Å². The number of benzene rings is 2. The number of aromatic nitrogens is 3. The van der Waals surface area contributed by atoms with Crippen LogP contribution >= 0.6 is 11.8 Å². The number of thioether (sulfide) groups is 1. The van der Waals surface area contributed by atoms with Crippen molar-refractivity contribution >= 4 is 23.4 Å². The number of carbonyl (C=O) groups is 1. The molecule has 0 saturated heterocycles. The van der Waals surface area contributed by atoms with Gasteiger partial charge in [-0.3, -0.25) is 4.79 Å². The quantitative estimate of drug-likeness (QED) is 0.609. The zero-order valence-corrected chi connectivity index (χ0v) is 15.8. The zero-order chi connectivity index (χ0) is 19.2. The van der Waals surface area contributed by atoms with Gasteiger partial charge in [0.1, 0.15) is 11.9 Å². The molecular formula is C19H20N4O3S.